The van der Waals surface area contributed by atoms with Crippen molar-refractivity contribution >= 4 is 11.7 Å². The summed E-state index contributed by atoms with van der Waals surface area (Å²) in [5.41, 5.74) is -0.546. The average molecular weight is 430 g/mol. The Morgan fingerprint density at radius 2 is 2.13 bits per heavy atom. The van der Waals surface area contributed by atoms with Gasteiger partial charge in [-0.1, -0.05) is 12.2 Å². The van der Waals surface area contributed by atoms with Crippen molar-refractivity contribution in [3.63, 3.8) is 0 Å². The molecule has 0 aliphatic heterocycles. The highest BCUT2D eigenvalue weighted by Crippen LogP contribution is 2.60. The third-order valence-corrected chi connectivity index (χ3v) is 5.76. The first kappa shape index (κ1) is 21.0. The van der Waals surface area contributed by atoms with Crippen LogP contribution < -0.4 is 10.1 Å². The third kappa shape index (κ3) is 4.45. The van der Waals surface area contributed by atoms with Crippen molar-refractivity contribution in [2.45, 2.75) is 26.4 Å². The maximum absolute atomic E-state index is 14.0. The van der Waals surface area contributed by atoms with Crippen LogP contribution in [0, 0.1) is 30.0 Å². The topological polar surface area (TPSA) is 77.0 Å². The second-order valence-electron chi connectivity index (χ2n) is 7.80. The lowest BCUT2D eigenvalue weighted by molar-refractivity contribution is -0.118. The monoisotopic (exact) mass is 430 g/mol. The molecule has 0 aromatic carbocycles. The molecule has 2 heterocycles. The van der Waals surface area contributed by atoms with Gasteiger partial charge in [-0.05, 0) is 37.5 Å². The Labute approximate surface area is 177 Å². The molecule has 2 aromatic rings. The quantitative estimate of drug-likeness (QED) is 0.711. The van der Waals surface area contributed by atoms with Gasteiger partial charge in [-0.2, -0.15) is 0 Å². The van der Waals surface area contributed by atoms with E-state index in [0.717, 1.165) is 6.20 Å². The smallest absolute Gasteiger partial charge is 0.229 e. The van der Waals surface area contributed by atoms with Gasteiger partial charge in [0.15, 0.2) is 5.75 Å². The highest BCUT2D eigenvalue weighted by Gasteiger charge is 2.62. The molecule has 0 radical (unpaired) electrons. The van der Waals surface area contributed by atoms with E-state index in [2.05, 4.69) is 20.3 Å². The van der Waals surface area contributed by atoms with E-state index in [1.54, 1.807) is 13.0 Å². The lowest BCUT2D eigenvalue weighted by atomic mass is 9.82. The summed E-state index contributed by atoms with van der Waals surface area (Å²) in [5.74, 6) is -0.981. The number of pyridine rings is 1. The van der Waals surface area contributed by atoms with Crippen molar-refractivity contribution in [3.05, 3.63) is 65.9 Å². The number of halogens is 3. The van der Waals surface area contributed by atoms with Gasteiger partial charge in [0, 0.05) is 17.8 Å². The number of aryl methyl sites for hydroxylation is 1. The molecule has 6 nitrogen and oxygen atoms in total. The Hall–Kier alpha value is -3.23. The minimum absolute atomic E-state index is 0.0731. The van der Waals surface area contributed by atoms with Crippen molar-refractivity contribution in [2.75, 3.05) is 11.9 Å². The molecular formula is C22H21F3N4O2. The summed E-state index contributed by atoms with van der Waals surface area (Å²) >= 11 is 0. The first-order valence-corrected chi connectivity index (χ1v) is 9.88. The van der Waals surface area contributed by atoms with E-state index < -0.39 is 23.8 Å². The second-order valence-corrected chi connectivity index (χ2v) is 7.80. The molecule has 3 atom stereocenters. The molecule has 2 aromatic heterocycles. The van der Waals surface area contributed by atoms with Crippen LogP contribution in [0.4, 0.5) is 19.0 Å². The number of nitrogens with one attached hydrogen (secondary N) is 1. The zero-order valence-corrected chi connectivity index (χ0v) is 16.8. The number of rotatable bonds is 7. The van der Waals surface area contributed by atoms with Crippen LogP contribution in [-0.2, 0) is 11.5 Å². The minimum Gasteiger partial charge on any atom is -0.489 e. The zero-order valence-electron chi connectivity index (χ0n) is 16.8. The van der Waals surface area contributed by atoms with Crippen molar-refractivity contribution in [1.82, 2.24) is 15.0 Å². The van der Waals surface area contributed by atoms with E-state index in [1.807, 2.05) is 6.08 Å². The molecule has 1 saturated carbocycles. The Morgan fingerprint density at radius 3 is 2.84 bits per heavy atom. The fourth-order valence-corrected chi connectivity index (χ4v) is 3.98. The van der Waals surface area contributed by atoms with Gasteiger partial charge in [-0.25, -0.2) is 28.1 Å². The molecule has 0 spiro atoms. The lowest BCUT2D eigenvalue weighted by Crippen LogP contribution is -2.30. The van der Waals surface area contributed by atoms with Crippen LogP contribution in [-0.4, -0.2) is 27.5 Å². The van der Waals surface area contributed by atoms with Crippen LogP contribution in [0.15, 0.2) is 48.6 Å². The Balaban J connectivity index is 1.53. The normalized spacial score (nSPS) is 24.5. The molecule has 4 rings (SSSR count). The highest BCUT2D eigenvalue weighted by molar-refractivity contribution is 5.94. The van der Waals surface area contributed by atoms with Crippen LogP contribution >= 0.6 is 0 Å². The van der Waals surface area contributed by atoms with E-state index in [9.17, 15) is 18.0 Å². The van der Waals surface area contributed by atoms with Gasteiger partial charge in [0.05, 0.1) is 19.0 Å². The predicted molar refractivity (Wildman–Crippen MR) is 107 cm³/mol. The van der Waals surface area contributed by atoms with Crippen LogP contribution in [0.1, 0.15) is 24.4 Å². The number of anilines is 1. The number of allylic oxidation sites excluding steroid dienone is 4. The fraction of sp³-hybridized carbons (Fsp3) is 0.364. The van der Waals surface area contributed by atoms with Gasteiger partial charge in [0.25, 0.3) is 0 Å². The fourth-order valence-electron chi connectivity index (χ4n) is 3.98. The van der Waals surface area contributed by atoms with Gasteiger partial charge in [0.2, 0.25) is 5.91 Å². The maximum atomic E-state index is 14.0. The van der Waals surface area contributed by atoms with Gasteiger partial charge < -0.3 is 10.1 Å². The van der Waals surface area contributed by atoms with Crippen LogP contribution in [0.25, 0.3) is 0 Å². The van der Waals surface area contributed by atoms with E-state index in [1.165, 1.54) is 24.4 Å². The molecule has 1 unspecified atom stereocenters. The zero-order chi connectivity index (χ0) is 22.0. The van der Waals surface area contributed by atoms with Crippen LogP contribution in [0.5, 0.6) is 5.75 Å². The van der Waals surface area contributed by atoms with Crippen LogP contribution in [0.2, 0.25) is 0 Å². The molecule has 0 saturated heterocycles. The summed E-state index contributed by atoms with van der Waals surface area (Å²) in [5, 5.41) is 2.67. The first-order valence-electron chi connectivity index (χ1n) is 9.88. The minimum atomic E-state index is -0.813. The summed E-state index contributed by atoms with van der Waals surface area (Å²) in [6, 6.07) is 2.57. The molecule has 162 valence electrons. The molecule has 31 heavy (non-hydrogen) atoms. The summed E-state index contributed by atoms with van der Waals surface area (Å²) in [6.45, 7) is 0.910. The van der Waals surface area contributed by atoms with Crippen molar-refractivity contribution in [1.29, 1.82) is 0 Å². The summed E-state index contributed by atoms with van der Waals surface area (Å²) < 4.78 is 46.3. The number of alkyl halides is 1. The summed E-state index contributed by atoms with van der Waals surface area (Å²) in [4.78, 5) is 24.8. The number of amides is 1. The van der Waals surface area contributed by atoms with Gasteiger partial charge in [-0.15, -0.1) is 0 Å². The number of hydrogen-bond donors (Lipinski definition) is 1. The van der Waals surface area contributed by atoms with E-state index in [-0.39, 0.29) is 47.9 Å². The van der Waals surface area contributed by atoms with E-state index in [0.29, 0.717) is 12.2 Å². The molecule has 9 heteroatoms. The number of aromatic nitrogens is 3. The summed E-state index contributed by atoms with van der Waals surface area (Å²) in [7, 11) is 0. The maximum Gasteiger partial charge on any atom is 0.229 e. The molecule has 2 aliphatic rings. The Kier molecular flexibility index (Phi) is 5.75. The third-order valence-electron chi connectivity index (χ3n) is 5.76. The Bertz CT molecular complexity index is 1040. The molecule has 0 bridgehead atoms. The number of carbonyl (C=O) groups excluding carboxylic acids is 1. The standard InChI is InChI=1S/C22H21F3N4O2/c1-13-26-11-19(18(9-23)28-13)31-12-22(14-3-2-4-15(24)7-14)8-17(22)21(30)29-20-6-5-16(25)10-27-20/h2-6,10-11,14,17H,7-9,12H2,1H3,(H,27,29,30)/t14?,17-,22+/m0/s1. The van der Waals surface area contributed by atoms with E-state index in [4.69, 9.17) is 4.74 Å². The average Bonchev–Trinajstić information content (AvgIpc) is 3.50. The molecule has 1 amide bonds. The predicted octanol–water partition coefficient (Wildman–Crippen LogP) is 4.24. The molecule has 1 N–H and O–H groups in total. The number of carbonyl (C=O) groups is 1. The number of nitrogens with zero attached hydrogens (tertiary/aromatic N) is 3. The lowest BCUT2D eigenvalue weighted by Gasteiger charge is -2.27. The van der Waals surface area contributed by atoms with E-state index >= 15 is 0 Å². The molecule has 1 fully saturated rings. The summed E-state index contributed by atoms with van der Waals surface area (Å²) in [6.07, 6.45) is 7.90. The SMILES string of the molecule is Cc1ncc(OC[C@@]2(C3C=CC=C(F)C3)C[C@H]2C(=O)Nc2ccc(F)cn2)c(CF)n1. The van der Waals surface area contributed by atoms with Gasteiger partial charge in [-0.3, -0.25) is 4.79 Å². The largest absolute Gasteiger partial charge is 0.489 e. The van der Waals surface area contributed by atoms with Gasteiger partial charge >= 0.3 is 0 Å². The molecular weight excluding hydrogens is 409 g/mol. The number of ether oxygens (including phenoxy) is 1. The Morgan fingerprint density at radius 1 is 1.29 bits per heavy atom. The van der Waals surface area contributed by atoms with Crippen molar-refractivity contribution < 1.29 is 22.7 Å². The van der Waals surface area contributed by atoms with Crippen molar-refractivity contribution in [3.8, 4) is 5.75 Å². The van der Waals surface area contributed by atoms with Gasteiger partial charge in [0.1, 0.15) is 35.7 Å². The van der Waals surface area contributed by atoms with Crippen molar-refractivity contribution in [2.24, 2.45) is 17.3 Å². The molecule has 2 aliphatic carbocycles. The second kappa shape index (κ2) is 8.49. The first-order chi connectivity index (χ1) is 14.9. The van der Waals surface area contributed by atoms with Crippen LogP contribution in [0.3, 0.4) is 0 Å². The highest BCUT2D eigenvalue weighted by atomic mass is 19.1. The number of hydrogen-bond acceptors (Lipinski definition) is 5.